The molecule has 0 amide bonds. The zero-order valence-corrected chi connectivity index (χ0v) is 17.5. The van der Waals surface area contributed by atoms with Gasteiger partial charge in [-0.15, -0.1) is 0 Å². The number of fused-ring (bicyclic) bond motifs is 2. The number of carbonyl (C=O) groups is 1. The molecule has 2 unspecified atom stereocenters. The molecule has 0 bridgehead atoms. The fourth-order valence-corrected chi connectivity index (χ4v) is 5.20. The number of nitrogens with zero attached hydrogens (tertiary/aromatic N) is 2. The Balaban J connectivity index is 1.53. The fourth-order valence-electron chi connectivity index (χ4n) is 5.20. The predicted octanol–water partition coefficient (Wildman–Crippen LogP) is 4.45. The van der Waals surface area contributed by atoms with E-state index in [1.54, 1.807) is 13.8 Å². The van der Waals surface area contributed by atoms with Gasteiger partial charge in [0.15, 0.2) is 0 Å². The predicted molar refractivity (Wildman–Crippen MR) is 113 cm³/mol. The van der Waals surface area contributed by atoms with E-state index < -0.39 is 22.3 Å². The first kappa shape index (κ1) is 19.8. The Morgan fingerprint density at radius 3 is 2.52 bits per heavy atom. The zero-order chi connectivity index (χ0) is 21.9. The van der Waals surface area contributed by atoms with Crippen molar-refractivity contribution in [3.8, 4) is 11.5 Å². The minimum Gasteiger partial charge on any atom is -0.480 e. The highest BCUT2D eigenvalue weighted by molar-refractivity contribution is 5.87. The summed E-state index contributed by atoms with van der Waals surface area (Å²) in [7, 11) is 0. The fraction of sp³-hybridized carbons (Fsp3) is 0.435. The van der Waals surface area contributed by atoms with Crippen molar-refractivity contribution in [1.29, 1.82) is 0 Å². The molecule has 0 aromatic heterocycles. The smallest absolute Gasteiger partial charge is 0.327 e. The van der Waals surface area contributed by atoms with Crippen molar-refractivity contribution >= 4 is 17.3 Å². The lowest BCUT2D eigenvalue weighted by Gasteiger charge is -2.32. The normalized spacial score (nSPS) is 23.1. The van der Waals surface area contributed by atoms with Gasteiger partial charge in [-0.1, -0.05) is 0 Å². The number of aryl methyl sites for hydroxylation is 2. The van der Waals surface area contributed by atoms with Gasteiger partial charge in [-0.3, -0.25) is 10.1 Å². The minimum atomic E-state index is -0.825. The number of non-ortho nitro benzene ring substituents is 1. The van der Waals surface area contributed by atoms with Crippen LogP contribution in [0, 0.1) is 24.0 Å². The van der Waals surface area contributed by atoms with Gasteiger partial charge < -0.3 is 19.5 Å². The summed E-state index contributed by atoms with van der Waals surface area (Å²) in [6.07, 6.45) is 3.16. The van der Waals surface area contributed by atoms with Crippen molar-refractivity contribution < 1.29 is 24.3 Å². The molecular weight excluding hydrogens is 400 g/mol. The molecule has 2 aromatic carbocycles. The van der Waals surface area contributed by atoms with E-state index in [4.69, 9.17) is 9.47 Å². The lowest BCUT2D eigenvalue weighted by Crippen LogP contribution is -2.49. The second kappa shape index (κ2) is 6.95. The van der Waals surface area contributed by atoms with Crippen LogP contribution in [0.1, 0.15) is 42.4 Å². The van der Waals surface area contributed by atoms with Crippen LogP contribution in [-0.4, -0.2) is 34.9 Å². The van der Waals surface area contributed by atoms with E-state index in [2.05, 4.69) is 0 Å². The maximum Gasteiger partial charge on any atom is 0.327 e. The lowest BCUT2D eigenvalue weighted by atomic mass is 9.91. The van der Waals surface area contributed by atoms with Gasteiger partial charge in [-0.25, -0.2) is 4.79 Å². The van der Waals surface area contributed by atoms with Crippen molar-refractivity contribution in [2.75, 3.05) is 11.5 Å². The Hall–Kier alpha value is -3.13. The van der Waals surface area contributed by atoms with Crippen LogP contribution in [0.2, 0.25) is 0 Å². The lowest BCUT2D eigenvalue weighted by molar-refractivity contribution is -0.385. The number of hydrogen-bond acceptors (Lipinski definition) is 6. The third-order valence-corrected chi connectivity index (χ3v) is 6.70. The van der Waals surface area contributed by atoms with Gasteiger partial charge in [-0.05, 0) is 74.4 Å². The van der Waals surface area contributed by atoms with Crippen LogP contribution in [-0.2, 0) is 14.9 Å². The summed E-state index contributed by atoms with van der Waals surface area (Å²) in [6.45, 7) is 4.21. The van der Waals surface area contributed by atoms with Crippen LogP contribution < -0.4 is 9.64 Å². The Morgan fingerprint density at radius 1 is 1.26 bits per heavy atom. The van der Waals surface area contributed by atoms with Crippen molar-refractivity contribution in [2.45, 2.75) is 57.2 Å². The first-order chi connectivity index (χ1) is 14.8. The second-order valence-electron chi connectivity index (χ2n) is 8.72. The molecule has 1 N–H and O–H groups in total. The van der Waals surface area contributed by atoms with Gasteiger partial charge in [0.05, 0.1) is 4.92 Å². The summed E-state index contributed by atoms with van der Waals surface area (Å²) < 4.78 is 12.0. The van der Waals surface area contributed by atoms with E-state index in [1.807, 2.05) is 23.1 Å². The van der Waals surface area contributed by atoms with E-state index in [-0.39, 0.29) is 11.9 Å². The van der Waals surface area contributed by atoms with Gasteiger partial charge >= 0.3 is 5.97 Å². The molecule has 8 nitrogen and oxygen atoms in total. The number of benzene rings is 2. The molecule has 1 saturated carbocycles. The summed E-state index contributed by atoms with van der Waals surface area (Å²) in [5.74, 6) is 0.358. The molecule has 1 spiro atoms. The number of ether oxygens (including phenoxy) is 2. The molecule has 2 heterocycles. The summed E-state index contributed by atoms with van der Waals surface area (Å²) in [4.78, 5) is 24.9. The highest BCUT2D eigenvalue weighted by Gasteiger charge is 2.63. The Kier molecular flexibility index (Phi) is 4.44. The number of anilines is 1. The van der Waals surface area contributed by atoms with Crippen LogP contribution in [0.4, 0.5) is 11.4 Å². The summed E-state index contributed by atoms with van der Waals surface area (Å²) >= 11 is 0. The third-order valence-electron chi connectivity index (χ3n) is 6.70. The molecular formula is C23H24N2O6. The van der Waals surface area contributed by atoms with Crippen LogP contribution in [0.25, 0.3) is 0 Å². The number of carboxylic acids is 1. The molecule has 2 aliphatic heterocycles. The average molecular weight is 424 g/mol. The first-order valence-corrected chi connectivity index (χ1v) is 10.5. The van der Waals surface area contributed by atoms with Gasteiger partial charge in [0, 0.05) is 29.8 Å². The highest BCUT2D eigenvalue weighted by atomic mass is 16.6. The number of carboxylic acid groups (broad SMARTS) is 1. The Labute approximate surface area is 179 Å². The second-order valence-corrected chi connectivity index (χ2v) is 8.72. The first-order valence-electron chi connectivity index (χ1n) is 10.5. The molecule has 162 valence electrons. The Bertz CT molecular complexity index is 1060. The number of hydrogen-bond donors (Lipinski definition) is 1. The molecule has 2 fully saturated rings. The third kappa shape index (κ3) is 3.05. The van der Waals surface area contributed by atoms with Gasteiger partial charge in [-0.2, -0.15) is 0 Å². The molecule has 2 aromatic rings. The minimum absolute atomic E-state index is 0.0322. The maximum atomic E-state index is 12.3. The summed E-state index contributed by atoms with van der Waals surface area (Å²) in [5.41, 5.74) is 2.87. The highest BCUT2D eigenvalue weighted by Crippen LogP contribution is 2.62. The van der Waals surface area contributed by atoms with Crippen molar-refractivity contribution in [3.63, 3.8) is 0 Å². The zero-order valence-electron chi connectivity index (χ0n) is 17.5. The Morgan fingerprint density at radius 2 is 1.97 bits per heavy atom. The molecule has 0 radical (unpaired) electrons. The van der Waals surface area contributed by atoms with Crippen LogP contribution in [0.15, 0.2) is 30.3 Å². The van der Waals surface area contributed by atoms with Crippen LogP contribution >= 0.6 is 0 Å². The van der Waals surface area contributed by atoms with Crippen molar-refractivity contribution in [3.05, 3.63) is 57.1 Å². The van der Waals surface area contributed by atoms with Crippen molar-refractivity contribution in [1.82, 2.24) is 0 Å². The molecule has 8 heteroatoms. The van der Waals surface area contributed by atoms with Gasteiger partial charge in [0.2, 0.25) is 0 Å². The largest absolute Gasteiger partial charge is 0.480 e. The average Bonchev–Trinajstić information content (AvgIpc) is 3.21. The van der Waals surface area contributed by atoms with Crippen LogP contribution in [0.3, 0.4) is 0 Å². The summed E-state index contributed by atoms with van der Waals surface area (Å²) in [5, 5.41) is 21.2. The van der Waals surface area contributed by atoms with E-state index >= 15 is 0 Å². The van der Waals surface area contributed by atoms with Crippen molar-refractivity contribution in [2.24, 2.45) is 0 Å². The standard InChI is InChI=1S/C23H24N2O6/c1-13-10-15(25(28)29)11-14(2)20(13)31-16-5-6-18-17(12-16)23(7-8-23)21(22(26)27)24(18)19-4-3-9-30-19/h5-6,10-12,19,21H,3-4,7-9H2,1-2H3,(H,26,27). The molecule has 31 heavy (non-hydrogen) atoms. The van der Waals surface area contributed by atoms with Gasteiger partial charge in [0.25, 0.3) is 5.69 Å². The quantitative estimate of drug-likeness (QED) is 0.559. The SMILES string of the molecule is Cc1cc([N+](=O)[O-])cc(C)c1Oc1ccc2c(c1)C1(CC1)C(C(=O)O)N2C1CCCO1. The number of nitro benzene ring substituents is 1. The van der Waals surface area contributed by atoms with E-state index in [9.17, 15) is 20.0 Å². The number of rotatable bonds is 5. The number of nitro groups is 1. The molecule has 1 saturated heterocycles. The molecule has 5 rings (SSSR count). The molecule has 3 aliphatic rings. The summed E-state index contributed by atoms with van der Waals surface area (Å²) in [6, 6.07) is 8.05. The topological polar surface area (TPSA) is 102 Å². The van der Waals surface area contributed by atoms with E-state index in [0.29, 0.717) is 29.2 Å². The monoisotopic (exact) mass is 424 g/mol. The maximum absolute atomic E-state index is 12.3. The van der Waals surface area contributed by atoms with E-state index in [0.717, 1.165) is 36.9 Å². The van der Waals surface area contributed by atoms with Gasteiger partial charge in [0.1, 0.15) is 23.8 Å². The number of aliphatic carboxylic acids is 1. The molecule has 2 atom stereocenters. The molecule has 1 aliphatic carbocycles. The van der Waals surface area contributed by atoms with Crippen LogP contribution in [0.5, 0.6) is 11.5 Å². The van der Waals surface area contributed by atoms with E-state index in [1.165, 1.54) is 12.1 Å².